The molecule has 1 aliphatic heterocycles. The number of nitrogens with one attached hydrogen (secondary N) is 1. The molecule has 0 saturated carbocycles. The Labute approximate surface area is 94.3 Å². The van der Waals surface area contributed by atoms with Crippen LogP contribution in [-0.4, -0.2) is 13.1 Å². The minimum Gasteiger partial charge on any atom is -0.316 e. The van der Waals surface area contributed by atoms with Crippen LogP contribution < -0.4 is 5.32 Å². The maximum Gasteiger partial charge on any atom is 0.131 e. The lowest BCUT2D eigenvalue weighted by atomic mass is 9.93. The molecule has 1 heterocycles. The fraction of sp³-hybridized carbons (Fsp3) is 0.286. The number of halogens is 1. The van der Waals surface area contributed by atoms with Gasteiger partial charge in [-0.25, -0.2) is 4.39 Å². The first-order chi connectivity index (χ1) is 7.86. The highest BCUT2D eigenvalue weighted by Crippen LogP contribution is 2.30. The average Bonchev–Trinajstić information content (AvgIpc) is 2.83. The molecule has 2 heteroatoms. The van der Waals surface area contributed by atoms with E-state index >= 15 is 0 Å². The molecule has 1 aliphatic rings. The van der Waals surface area contributed by atoms with Gasteiger partial charge in [0.05, 0.1) is 0 Å². The third-order valence-corrected chi connectivity index (χ3v) is 3.40. The van der Waals surface area contributed by atoms with Gasteiger partial charge in [0, 0.05) is 11.9 Å². The Morgan fingerprint density at radius 1 is 1.06 bits per heavy atom. The van der Waals surface area contributed by atoms with E-state index in [1.807, 2.05) is 30.3 Å². The van der Waals surface area contributed by atoms with E-state index in [0.29, 0.717) is 5.92 Å². The molecule has 0 aromatic heterocycles. The van der Waals surface area contributed by atoms with Crippen LogP contribution in [0.2, 0.25) is 0 Å². The van der Waals surface area contributed by atoms with Gasteiger partial charge in [-0.15, -0.1) is 0 Å². The third kappa shape index (κ3) is 1.50. The molecular weight excluding hydrogens is 201 g/mol. The molecule has 1 atom stereocenters. The fourth-order valence-electron chi connectivity index (χ4n) is 2.56. The van der Waals surface area contributed by atoms with E-state index in [1.165, 1.54) is 5.56 Å². The lowest BCUT2D eigenvalue weighted by Gasteiger charge is -2.12. The van der Waals surface area contributed by atoms with Crippen LogP contribution in [0.5, 0.6) is 0 Å². The SMILES string of the molecule is Fc1ccc(C2CCNC2)c2ccccc12. The second-order valence-electron chi connectivity index (χ2n) is 4.37. The van der Waals surface area contributed by atoms with Crippen molar-refractivity contribution in [1.82, 2.24) is 5.32 Å². The summed E-state index contributed by atoms with van der Waals surface area (Å²) in [5, 5.41) is 5.16. The van der Waals surface area contributed by atoms with E-state index < -0.39 is 0 Å². The standard InChI is InChI=1S/C14H14FN/c15-14-6-5-11(10-7-8-16-9-10)12-3-1-2-4-13(12)14/h1-6,10,16H,7-9H2. The smallest absolute Gasteiger partial charge is 0.131 e. The molecule has 0 amide bonds. The Bertz CT molecular complexity index is 515. The quantitative estimate of drug-likeness (QED) is 0.771. The molecule has 1 fully saturated rings. The van der Waals surface area contributed by atoms with Crippen LogP contribution in [0.3, 0.4) is 0 Å². The van der Waals surface area contributed by atoms with Crippen molar-refractivity contribution < 1.29 is 4.39 Å². The maximum absolute atomic E-state index is 13.6. The molecule has 2 aromatic carbocycles. The zero-order valence-electron chi connectivity index (χ0n) is 9.04. The molecule has 0 aliphatic carbocycles. The Morgan fingerprint density at radius 2 is 1.88 bits per heavy atom. The Hall–Kier alpha value is -1.41. The average molecular weight is 215 g/mol. The third-order valence-electron chi connectivity index (χ3n) is 3.40. The second-order valence-corrected chi connectivity index (χ2v) is 4.37. The maximum atomic E-state index is 13.6. The summed E-state index contributed by atoms with van der Waals surface area (Å²) in [6.45, 7) is 2.08. The van der Waals surface area contributed by atoms with Crippen molar-refractivity contribution in [3.8, 4) is 0 Å². The molecule has 0 bridgehead atoms. The van der Waals surface area contributed by atoms with Gasteiger partial charge in [-0.2, -0.15) is 0 Å². The molecule has 16 heavy (non-hydrogen) atoms. The Kier molecular flexibility index (Phi) is 2.37. The Balaban J connectivity index is 2.21. The molecule has 3 rings (SSSR count). The number of rotatable bonds is 1. The predicted octanol–water partition coefficient (Wildman–Crippen LogP) is 3.06. The van der Waals surface area contributed by atoms with Gasteiger partial charge in [-0.1, -0.05) is 30.3 Å². The molecule has 0 spiro atoms. The van der Waals surface area contributed by atoms with E-state index in [1.54, 1.807) is 6.07 Å². The van der Waals surface area contributed by atoms with Crippen molar-refractivity contribution in [3.05, 3.63) is 47.8 Å². The first kappa shape index (κ1) is 9.79. The summed E-state index contributed by atoms with van der Waals surface area (Å²) in [6, 6.07) is 11.3. The van der Waals surface area contributed by atoms with Crippen molar-refractivity contribution in [2.24, 2.45) is 0 Å². The molecule has 1 unspecified atom stereocenters. The van der Waals surface area contributed by atoms with Crippen LogP contribution in [0.15, 0.2) is 36.4 Å². The molecule has 2 aromatic rings. The van der Waals surface area contributed by atoms with E-state index in [4.69, 9.17) is 0 Å². The van der Waals surface area contributed by atoms with Crippen LogP contribution in [-0.2, 0) is 0 Å². The minimum absolute atomic E-state index is 0.120. The summed E-state index contributed by atoms with van der Waals surface area (Å²) in [4.78, 5) is 0. The van der Waals surface area contributed by atoms with Crippen LogP contribution >= 0.6 is 0 Å². The number of benzene rings is 2. The zero-order valence-corrected chi connectivity index (χ0v) is 9.04. The molecule has 0 radical (unpaired) electrons. The van der Waals surface area contributed by atoms with Gasteiger partial charge < -0.3 is 5.32 Å². The van der Waals surface area contributed by atoms with E-state index in [-0.39, 0.29) is 5.82 Å². The molecular formula is C14H14FN. The topological polar surface area (TPSA) is 12.0 Å². The summed E-state index contributed by atoms with van der Waals surface area (Å²) >= 11 is 0. The van der Waals surface area contributed by atoms with Gasteiger partial charge in [0.15, 0.2) is 0 Å². The van der Waals surface area contributed by atoms with E-state index in [2.05, 4.69) is 5.32 Å². The van der Waals surface area contributed by atoms with Crippen LogP contribution in [0.1, 0.15) is 17.9 Å². The Morgan fingerprint density at radius 3 is 2.62 bits per heavy atom. The normalized spacial score (nSPS) is 20.4. The molecule has 82 valence electrons. The number of fused-ring (bicyclic) bond motifs is 1. The number of hydrogen-bond donors (Lipinski definition) is 1. The van der Waals surface area contributed by atoms with Crippen molar-refractivity contribution >= 4 is 10.8 Å². The highest BCUT2D eigenvalue weighted by atomic mass is 19.1. The monoisotopic (exact) mass is 215 g/mol. The van der Waals surface area contributed by atoms with E-state index in [0.717, 1.165) is 30.3 Å². The van der Waals surface area contributed by atoms with Crippen LogP contribution in [0.4, 0.5) is 4.39 Å². The van der Waals surface area contributed by atoms with E-state index in [9.17, 15) is 4.39 Å². The highest BCUT2D eigenvalue weighted by Gasteiger charge is 2.19. The first-order valence-corrected chi connectivity index (χ1v) is 5.74. The summed E-state index contributed by atoms with van der Waals surface area (Å²) in [6.07, 6.45) is 1.15. The van der Waals surface area contributed by atoms with Crippen molar-refractivity contribution in [2.75, 3.05) is 13.1 Å². The number of hydrogen-bond acceptors (Lipinski definition) is 1. The van der Waals surface area contributed by atoms with Gasteiger partial charge in [-0.3, -0.25) is 0 Å². The van der Waals surface area contributed by atoms with Gasteiger partial charge in [0.1, 0.15) is 5.82 Å². The van der Waals surface area contributed by atoms with Gasteiger partial charge in [0.2, 0.25) is 0 Å². The zero-order chi connectivity index (χ0) is 11.0. The largest absolute Gasteiger partial charge is 0.316 e. The summed E-state index contributed by atoms with van der Waals surface area (Å²) in [5.74, 6) is 0.413. The van der Waals surface area contributed by atoms with Crippen molar-refractivity contribution in [3.63, 3.8) is 0 Å². The van der Waals surface area contributed by atoms with Crippen LogP contribution in [0.25, 0.3) is 10.8 Å². The summed E-state index contributed by atoms with van der Waals surface area (Å²) in [5.41, 5.74) is 1.28. The lowest BCUT2D eigenvalue weighted by Crippen LogP contribution is -2.08. The van der Waals surface area contributed by atoms with Crippen LogP contribution in [0, 0.1) is 5.82 Å². The van der Waals surface area contributed by atoms with Gasteiger partial charge in [0.25, 0.3) is 0 Å². The molecule has 1 saturated heterocycles. The van der Waals surface area contributed by atoms with Crippen molar-refractivity contribution in [1.29, 1.82) is 0 Å². The summed E-state index contributed by atoms with van der Waals surface area (Å²) < 4.78 is 13.6. The lowest BCUT2D eigenvalue weighted by molar-refractivity contribution is 0.638. The molecule has 1 nitrogen and oxygen atoms in total. The highest BCUT2D eigenvalue weighted by molar-refractivity contribution is 5.86. The van der Waals surface area contributed by atoms with Gasteiger partial charge in [-0.05, 0) is 35.9 Å². The molecule has 1 N–H and O–H groups in total. The summed E-state index contributed by atoms with van der Waals surface area (Å²) in [7, 11) is 0. The predicted molar refractivity (Wildman–Crippen MR) is 64.1 cm³/mol. The minimum atomic E-state index is -0.120. The fourth-order valence-corrected chi connectivity index (χ4v) is 2.56. The first-order valence-electron chi connectivity index (χ1n) is 5.74. The van der Waals surface area contributed by atoms with Gasteiger partial charge >= 0.3 is 0 Å². The second kappa shape index (κ2) is 3.87. The van der Waals surface area contributed by atoms with Crippen molar-refractivity contribution in [2.45, 2.75) is 12.3 Å².